The molecule has 4 aromatic rings. The highest BCUT2D eigenvalue weighted by atomic mass is 32.1. The first kappa shape index (κ1) is 21.7. The topological polar surface area (TPSA) is 56.2 Å². The molecule has 1 N–H and O–H groups in total. The fourth-order valence-corrected chi connectivity index (χ4v) is 5.70. The van der Waals surface area contributed by atoms with E-state index >= 15 is 0 Å². The van der Waals surface area contributed by atoms with Gasteiger partial charge in [0.05, 0.1) is 25.4 Å². The molecule has 0 saturated heterocycles. The Morgan fingerprint density at radius 2 is 2.00 bits per heavy atom. The van der Waals surface area contributed by atoms with Gasteiger partial charge < -0.3 is 10.1 Å². The molecule has 0 amide bonds. The van der Waals surface area contributed by atoms with Crippen molar-refractivity contribution in [2.75, 3.05) is 7.11 Å². The number of hydrogen-bond acceptors (Lipinski definition) is 5. The first-order valence-corrected chi connectivity index (χ1v) is 11.6. The average Bonchev–Trinajstić information content (AvgIpc) is 3.20. The third kappa shape index (κ3) is 4.16. The Hall–Kier alpha value is -3.10. The maximum Gasteiger partial charge on any atom is 0.262 e. The Morgan fingerprint density at radius 1 is 1.18 bits per heavy atom. The van der Waals surface area contributed by atoms with Crippen LogP contribution in [0, 0.1) is 11.6 Å². The summed E-state index contributed by atoms with van der Waals surface area (Å²) in [6.45, 7) is 0.651. The molecule has 5 rings (SSSR count). The summed E-state index contributed by atoms with van der Waals surface area (Å²) in [7, 11) is 1.62. The van der Waals surface area contributed by atoms with E-state index in [1.54, 1.807) is 35.4 Å². The lowest BCUT2D eigenvalue weighted by Gasteiger charge is -2.23. The predicted molar refractivity (Wildman–Crippen MR) is 125 cm³/mol. The summed E-state index contributed by atoms with van der Waals surface area (Å²) in [6.07, 6.45) is 3.89. The monoisotopic (exact) mass is 467 g/mol. The molecule has 5 nitrogen and oxygen atoms in total. The van der Waals surface area contributed by atoms with Crippen LogP contribution in [0.2, 0.25) is 0 Å². The molecule has 0 fully saturated rings. The second-order valence-corrected chi connectivity index (χ2v) is 9.29. The van der Waals surface area contributed by atoms with Gasteiger partial charge in [0.25, 0.3) is 5.56 Å². The van der Waals surface area contributed by atoms with E-state index in [-0.39, 0.29) is 18.1 Å². The molecule has 170 valence electrons. The number of aromatic nitrogens is 2. The van der Waals surface area contributed by atoms with Gasteiger partial charge in [0.15, 0.2) is 11.6 Å². The van der Waals surface area contributed by atoms with Gasteiger partial charge in [-0.1, -0.05) is 30.3 Å². The number of rotatable bonds is 6. The highest BCUT2D eigenvalue weighted by Gasteiger charge is 2.25. The molecule has 0 aliphatic heterocycles. The van der Waals surface area contributed by atoms with Gasteiger partial charge in [-0.3, -0.25) is 9.36 Å². The van der Waals surface area contributed by atoms with Crippen LogP contribution in [-0.2, 0) is 25.9 Å². The second kappa shape index (κ2) is 9.03. The fraction of sp³-hybridized carbons (Fsp3) is 0.280. The van der Waals surface area contributed by atoms with Gasteiger partial charge in [0.1, 0.15) is 10.6 Å². The summed E-state index contributed by atoms with van der Waals surface area (Å²) in [5.74, 6) is -0.899. The van der Waals surface area contributed by atoms with Crippen LogP contribution >= 0.6 is 11.3 Å². The van der Waals surface area contributed by atoms with Crippen LogP contribution in [0.15, 0.2) is 53.6 Å². The number of benzene rings is 2. The summed E-state index contributed by atoms with van der Waals surface area (Å²) >= 11 is 1.54. The smallest absolute Gasteiger partial charge is 0.262 e. The molecule has 2 heterocycles. The Morgan fingerprint density at radius 3 is 2.85 bits per heavy atom. The summed E-state index contributed by atoms with van der Waals surface area (Å²) in [6, 6.07) is 12.0. The van der Waals surface area contributed by atoms with Crippen LogP contribution in [-0.4, -0.2) is 22.7 Å². The number of hydrogen-bond donors (Lipinski definition) is 1. The number of para-hydroxylation sites is 1. The van der Waals surface area contributed by atoms with Crippen molar-refractivity contribution >= 4 is 21.6 Å². The maximum atomic E-state index is 14.0. The van der Waals surface area contributed by atoms with Crippen LogP contribution in [0.3, 0.4) is 0 Å². The van der Waals surface area contributed by atoms with Crippen molar-refractivity contribution in [1.29, 1.82) is 0 Å². The second-order valence-electron chi connectivity index (χ2n) is 8.21. The normalized spacial score (nSPS) is 15.5. The quantitative estimate of drug-likeness (QED) is 0.456. The minimum Gasteiger partial charge on any atom is -0.496 e. The zero-order valence-corrected chi connectivity index (χ0v) is 18.9. The van der Waals surface area contributed by atoms with Crippen molar-refractivity contribution in [3.8, 4) is 5.75 Å². The number of fused-ring (bicyclic) bond motifs is 3. The van der Waals surface area contributed by atoms with Crippen molar-refractivity contribution < 1.29 is 13.5 Å². The van der Waals surface area contributed by atoms with Gasteiger partial charge >= 0.3 is 0 Å². The molecule has 0 bridgehead atoms. The third-order valence-electron chi connectivity index (χ3n) is 6.18. The van der Waals surface area contributed by atoms with Gasteiger partial charge in [-0.05, 0) is 37.0 Å². The molecular formula is C25H23F2N3O2S. The molecule has 0 radical (unpaired) electrons. The summed E-state index contributed by atoms with van der Waals surface area (Å²) in [5, 5.41) is 4.04. The van der Waals surface area contributed by atoms with E-state index in [2.05, 4.69) is 10.3 Å². The Balaban J connectivity index is 1.37. The molecule has 1 aliphatic rings. The number of nitrogens with one attached hydrogen (secondary N) is 1. The highest BCUT2D eigenvalue weighted by molar-refractivity contribution is 7.18. The van der Waals surface area contributed by atoms with E-state index in [9.17, 15) is 13.6 Å². The van der Waals surface area contributed by atoms with Crippen LogP contribution in [0.25, 0.3) is 10.2 Å². The summed E-state index contributed by atoms with van der Waals surface area (Å²) in [5.41, 5.74) is 2.26. The van der Waals surface area contributed by atoms with E-state index in [1.165, 1.54) is 6.07 Å². The molecule has 8 heteroatoms. The number of halogens is 2. The SMILES string of the molecule is COc1ccccc1Cn1cnc2sc3c(c2c1=O)CC[C@H](NCc1cccc(F)c1F)C3. The molecule has 1 aliphatic carbocycles. The van der Waals surface area contributed by atoms with Crippen molar-refractivity contribution in [3.05, 3.63) is 92.3 Å². The van der Waals surface area contributed by atoms with Gasteiger partial charge in [0, 0.05) is 28.6 Å². The fourth-order valence-electron chi connectivity index (χ4n) is 4.44. The van der Waals surface area contributed by atoms with E-state index in [0.717, 1.165) is 51.9 Å². The standard InChI is InChI=1S/C25H23F2N3O2S/c1-32-20-8-3-2-5-16(20)13-30-14-29-24-22(25(30)31)18-10-9-17(11-21(18)33-24)28-12-15-6-4-7-19(26)23(15)27/h2-8,14,17,28H,9-13H2,1H3/t17-/m0/s1. The number of ether oxygens (including phenoxy) is 1. The van der Waals surface area contributed by atoms with Crippen molar-refractivity contribution in [1.82, 2.24) is 14.9 Å². The number of methoxy groups -OCH3 is 1. The molecule has 2 aromatic heterocycles. The number of thiophene rings is 1. The van der Waals surface area contributed by atoms with Crippen molar-refractivity contribution in [2.24, 2.45) is 0 Å². The van der Waals surface area contributed by atoms with Crippen LogP contribution in [0.4, 0.5) is 8.78 Å². The molecule has 33 heavy (non-hydrogen) atoms. The molecule has 0 spiro atoms. The number of aryl methyl sites for hydroxylation is 1. The van der Waals surface area contributed by atoms with Crippen molar-refractivity contribution in [3.63, 3.8) is 0 Å². The minimum atomic E-state index is -0.833. The van der Waals surface area contributed by atoms with E-state index in [1.807, 2.05) is 24.3 Å². The molecular weight excluding hydrogens is 444 g/mol. The van der Waals surface area contributed by atoms with E-state index in [0.29, 0.717) is 17.5 Å². The Kier molecular flexibility index (Phi) is 5.95. The van der Waals surface area contributed by atoms with Crippen LogP contribution in [0.1, 0.15) is 28.0 Å². The summed E-state index contributed by atoms with van der Waals surface area (Å²) in [4.78, 5) is 19.8. The lowest BCUT2D eigenvalue weighted by Crippen LogP contribution is -2.34. The Labute approximate surface area is 193 Å². The van der Waals surface area contributed by atoms with Gasteiger partial charge in [-0.25, -0.2) is 13.8 Å². The zero-order chi connectivity index (χ0) is 22.9. The highest BCUT2D eigenvalue weighted by Crippen LogP contribution is 2.34. The van der Waals surface area contributed by atoms with E-state index < -0.39 is 11.6 Å². The largest absolute Gasteiger partial charge is 0.496 e. The molecule has 1 atom stereocenters. The first-order valence-electron chi connectivity index (χ1n) is 10.8. The zero-order valence-electron chi connectivity index (χ0n) is 18.1. The lowest BCUT2D eigenvalue weighted by molar-refractivity contribution is 0.408. The molecule has 0 unspecified atom stereocenters. The minimum absolute atomic E-state index is 0.0448. The molecule has 2 aromatic carbocycles. The summed E-state index contributed by atoms with van der Waals surface area (Å²) < 4.78 is 34.5. The Bertz CT molecular complexity index is 1380. The van der Waals surface area contributed by atoms with E-state index in [4.69, 9.17) is 4.74 Å². The lowest BCUT2D eigenvalue weighted by atomic mass is 9.93. The van der Waals surface area contributed by atoms with Gasteiger partial charge in [0.2, 0.25) is 0 Å². The predicted octanol–water partition coefficient (Wildman–Crippen LogP) is 4.44. The first-order chi connectivity index (χ1) is 16.0. The maximum absolute atomic E-state index is 14.0. The third-order valence-corrected chi connectivity index (χ3v) is 7.34. The van der Waals surface area contributed by atoms with Crippen molar-refractivity contribution in [2.45, 2.75) is 38.4 Å². The molecule has 0 saturated carbocycles. The van der Waals surface area contributed by atoms with Gasteiger partial charge in [-0.15, -0.1) is 11.3 Å². The van der Waals surface area contributed by atoms with Gasteiger partial charge in [-0.2, -0.15) is 0 Å². The average molecular weight is 468 g/mol. The van der Waals surface area contributed by atoms with Crippen LogP contribution < -0.4 is 15.6 Å². The van der Waals surface area contributed by atoms with Crippen LogP contribution in [0.5, 0.6) is 5.75 Å². The number of nitrogens with zero attached hydrogens (tertiary/aromatic N) is 2.